The number of benzene rings is 2. The van der Waals surface area contributed by atoms with Crippen molar-refractivity contribution < 1.29 is 15.0 Å². The predicted molar refractivity (Wildman–Crippen MR) is 80.2 cm³/mol. The molecule has 6 nitrogen and oxygen atoms in total. The van der Waals surface area contributed by atoms with E-state index in [0.29, 0.717) is 11.4 Å². The van der Waals surface area contributed by atoms with Crippen molar-refractivity contribution in [3.8, 4) is 22.7 Å². The molecule has 110 valence electrons. The molecule has 6 heteroatoms. The molecule has 0 amide bonds. The van der Waals surface area contributed by atoms with Crippen LogP contribution >= 0.6 is 0 Å². The molecule has 1 heterocycles. The summed E-state index contributed by atoms with van der Waals surface area (Å²) in [5.74, 6) is -1.01. The van der Waals surface area contributed by atoms with Gasteiger partial charge in [-0.05, 0) is 36.8 Å². The average molecular weight is 295 g/mol. The number of aromatic hydroxyl groups is 1. The molecular formula is C16H13N3O3. The van der Waals surface area contributed by atoms with Gasteiger partial charge in [0.1, 0.15) is 11.4 Å². The number of carboxylic acid groups (broad SMARTS) is 1. The number of hydrogen-bond acceptors (Lipinski definition) is 4. The summed E-state index contributed by atoms with van der Waals surface area (Å²) in [6, 6.07) is 13.8. The smallest absolute Gasteiger partial charge is 0.358 e. The van der Waals surface area contributed by atoms with Gasteiger partial charge in [0, 0.05) is 5.56 Å². The zero-order valence-electron chi connectivity index (χ0n) is 11.8. The molecule has 0 aliphatic rings. The second-order valence-electron chi connectivity index (χ2n) is 4.83. The minimum Gasteiger partial charge on any atom is -0.508 e. The number of aromatic nitrogens is 3. The van der Waals surface area contributed by atoms with Crippen LogP contribution in [-0.4, -0.2) is 31.2 Å². The maximum Gasteiger partial charge on any atom is 0.358 e. The second-order valence-corrected chi connectivity index (χ2v) is 4.83. The zero-order valence-corrected chi connectivity index (χ0v) is 11.8. The molecule has 0 saturated heterocycles. The van der Waals surface area contributed by atoms with Crippen molar-refractivity contribution in [1.82, 2.24) is 15.0 Å². The normalized spacial score (nSPS) is 10.6. The Balaban J connectivity index is 2.27. The minimum absolute atomic E-state index is 0.109. The van der Waals surface area contributed by atoms with E-state index in [1.165, 1.54) is 16.8 Å². The van der Waals surface area contributed by atoms with Crippen LogP contribution in [0.5, 0.6) is 5.75 Å². The Labute approximate surface area is 126 Å². The van der Waals surface area contributed by atoms with Crippen molar-refractivity contribution in [2.45, 2.75) is 6.92 Å². The van der Waals surface area contributed by atoms with Gasteiger partial charge in [-0.1, -0.05) is 29.5 Å². The standard InChI is InChI=1S/C16H13N3O3/c1-10-4-2-3-5-13(10)15-14(16(21)22)17-18-19(15)11-6-8-12(20)9-7-11/h2-9,20H,1H3,(H,21,22). The van der Waals surface area contributed by atoms with E-state index in [4.69, 9.17) is 0 Å². The predicted octanol–water partition coefficient (Wildman–Crippen LogP) is 2.65. The SMILES string of the molecule is Cc1ccccc1-c1c(C(=O)O)nnn1-c1ccc(O)cc1. The molecule has 0 aliphatic heterocycles. The summed E-state index contributed by atoms with van der Waals surface area (Å²) in [5, 5.41) is 26.5. The lowest BCUT2D eigenvalue weighted by Gasteiger charge is -2.09. The largest absolute Gasteiger partial charge is 0.508 e. The van der Waals surface area contributed by atoms with Gasteiger partial charge in [-0.15, -0.1) is 5.10 Å². The first-order valence-electron chi connectivity index (χ1n) is 6.62. The summed E-state index contributed by atoms with van der Waals surface area (Å²) in [6.07, 6.45) is 0. The topological polar surface area (TPSA) is 88.2 Å². The summed E-state index contributed by atoms with van der Waals surface area (Å²) in [5.41, 5.74) is 2.60. The molecule has 0 spiro atoms. The van der Waals surface area contributed by atoms with E-state index in [1.54, 1.807) is 12.1 Å². The first-order valence-corrected chi connectivity index (χ1v) is 6.62. The van der Waals surface area contributed by atoms with Crippen molar-refractivity contribution in [1.29, 1.82) is 0 Å². The summed E-state index contributed by atoms with van der Waals surface area (Å²) >= 11 is 0. The van der Waals surface area contributed by atoms with E-state index < -0.39 is 5.97 Å². The quantitative estimate of drug-likeness (QED) is 0.775. The lowest BCUT2D eigenvalue weighted by Crippen LogP contribution is -2.04. The number of phenolic OH excluding ortho intramolecular Hbond substituents is 1. The fourth-order valence-electron chi connectivity index (χ4n) is 2.28. The molecule has 0 atom stereocenters. The van der Waals surface area contributed by atoms with Gasteiger partial charge in [0.05, 0.1) is 5.69 Å². The van der Waals surface area contributed by atoms with E-state index >= 15 is 0 Å². The van der Waals surface area contributed by atoms with Crippen molar-refractivity contribution in [2.24, 2.45) is 0 Å². The number of carbonyl (C=O) groups is 1. The number of hydrogen-bond donors (Lipinski definition) is 2. The van der Waals surface area contributed by atoms with Gasteiger partial charge in [0.2, 0.25) is 0 Å². The van der Waals surface area contributed by atoms with Crippen molar-refractivity contribution in [2.75, 3.05) is 0 Å². The Kier molecular flexibility index (Phi) is 3.34. The van der Waals surface area contributed by atoms with Crippen LogP contribution in [0.1, 0.15) is 16.1 Å². The minimum atomic E-state index is -1.14. The molecule has 22 heavy (non-hydrogen) atoms. The fraction of sp³-hybridized carbons (Fsp3) is 0.0625. The molecule has 2 aromatic carbocycles. The maximum atomic E-state index is 11.4. The van der Waals surface area contributed by atoms with Gasteiger partial charge in [-0.25, -0.2) is 9.48 Å². The maximum absolute atomic E-state index is 11.4. The molecule has 3 rings (SSSR count). The molecular weight excluding hydrogens is 282 g/mol. The summed E-state index contributed by atoms with van der Waals surface area (Å²) in [6.45, 7) is 1.90. The summed E-state index contributed by atoms with van der Waals surface area (Å²) < 4.78 is 1.46. The molecule has 0 fully saturated rings. The Morgan fingerprint density at radius 3 is 2.41 bits per heavy atom. The van der Waals surface area contributed by atoms with Crippen LogP contribution < -0.4 is 0 Å². The number of aromatic carboxylic acids is 1. The fourth-order valence-corrected chi connectivity index (χ4v) is 2.28. The highest BCUT2D eigenvalue weighted by Gasteiger charge is 2.22. The number of phenols is 1. The van der Waals surface area contributed by atoms with Crippen LogP contribution in [0.2, 0.25) is 0 Å². The van der Waals surface area contributed by atoms with Gasteiger partial charge in [0.25, 0.3) is 0 Å². The first kappa shape index (κ1) is 13.8. The molecule has 1 aromatic heterocycles. The summed E-state index contributed by atoms with van der Waals surface area (Å²) in [4.78, 5) is 11.4. The van der Waals surface area contributed by atoms with E-state index in [1.807, 2.05) is 31.2 Å². The van der Waals surface area contributed by atoms with Gasteiger partial charge in [-0.2, -0.15) is 0 Å². The monoisotopic (exact) mass is 295 g/mol. The second kappa shape index (κ2) is 5.33. The zero-order chi connectivity index (χ0) is 15.7. The van der Waals surface area contributed by atoms with E-state index in [9.17, 15) is 15.0 Å². The Morgan fingerprint density at radius 2 is 1.77 bits per heavy atom. The third-order valence-electron chi connectivity index (χ3n) is 3.37. The average Bonchev–Trinajstić information content (AvgIpc) is 2.93. The van der Waals surface area contributed by atoms with Crippen molar-refractivity contribution in [3.63, 3.8) is 0 Å². The number of carboxylic acids is 1. The van der Waals surface area contributed by atoms with Crippen LogP contribution in [-0.2, 0) is 0 Å². The van der Waals surface area contributed by atoms with Crippen LogP contribution in [0.25, 0.3) is 16.9 Å². The van der Waals surface area contributed by atoms with E-state index in [0.717, 1.165) is 11.1 Å². The van der Waals surface area contributed by atoms with Gasteiger partial charge in [0.15, 0.2) is 5.69 Å². The lowest BCUT2D eigenvalue weighted by molar-refractivity contribution is 0.0691. The van der Waals surface area contributed by atoms with Crippen molar-refractivity contribution in [3.05, 3.63) is 59.8 Å². The van der Waals surface area contributed by atoms with Gasteiger partial charge < -0.3 is 10.2 Å². The van der Waals surface area contributed by atoms with Crippen LogP contribution in [0.15, 0.2) is 48.5 Å². The molecule has 0 bridgehead atoms. The third kappa shape index (κ3) is 2.31. The first-order chi connectivity index (χ1) is 10.6. The molecule has 0 radical (unpaired) electrons. The van der Waals surface area contributed by atoms with E-state index in [2.05, 4.69) is 10.3 Å². The van der Waals surface area contributed by atoms with Gasteiger partial charge >= 0.3 is 5.97 Å². The Morgan fingerprint density at radius 1 is 1.09 bits per heavy atom. The highest BCUT2D eigenvalue weighted by molar-refractivity contribution is 5.93. The Bertz CT molecular complexity index is 838. The molecule has 0 saturated carbocycles. The molecule has 3 aromatic rings. The lowest BCUT2D eigenvalue weighted by atomic mass is 10.0. The number of aryl methyl sites for hydroxylation is 1. The van der Waals surface area contributed by atoms with Crippen LogP contribution in [0.3, 0.4) is 0 Å². The van der Waals surface area contributed by atoms with Crippen LogP contribution in [0, 0.1) is 6.92 Å². The number of rotatable bonds is 3. The Hall–Kier alpha value is -3.15. The van der Waals surface area contributed by atoms with E-state index in [-0.39, 0.29) is 11.4 Å². The number of nitrogens with zero attached hydrogens (tertiary/aromatic N) is 3. The third-order valence-corrected chi connectivity index (χ3v) is 3.37. The van der Waals surface area contributed by atoms with Crippen LogP contribution in [0.4, 0.5) is 0 Å². The molecule has 0 aliphatic carbocycles. The molecule has 2 N–H and O–H groups in total. The molecule has 0 unspecified atom stereocenters. The highest BCUT2D eigenvalue weighted by Crippen LogP contribution is 2.28. The summed E-state index contributed by atoms with van der Waals surface area (Å²) in [7, 11) is 0. The highest BCUT2D eigenvalue weighted by atomic mass is 16.4. The van der Waals surface area contributed by atoms with Gasteiger partial charge in [-0.3, -0.25) is 0 Å². The van der Waals surface area contributed by atoms with Crippen molar-refractivity contribution >= 4 is 5.97 Å².